The van der Waals surface area contributed by atoms with Gasteiger partial charge in [0.15, 0.2) is 11.5 Å². The molecule has 0 aliphatic carbocycles. The van der Waals surface area contributed by atoms with Crippen molar-refractivity contribution in [3.8, 4) is 17.6 Å². The molecule has 2 aromatic carbocycles. The summed E-state index contributed by atoms with van der Waals surface area (Å²) in [6, 6.07) is 18.0. The number of hydrogen-bond donors (Lipinski definition) is 1. The van der Waals surface area contributed by atoms with Crippen LogP contribution in [0.4, 0.5) is 0 Å². The Morgan fingerprint density at radius 1 is 1.14 bits per heavy atom. The van der Waals surface area contributed by atoms with E-state index >= 15 is 0 Å². The Bertz CT molecular complexity index is 679. The predicted molar refractivity (Wildman–Crippen MR) is 78.8 cm³/mol. The zero-order valence-electron chi connectivity index (χ0n) is 11.8. The molecule has 0 bridgehead atoms. The summed E-state index contributed by atoms with van der Waals surface area (Å²) in [5.41, 5.74) is 1.22. The van der Waals surface area contributed by atoms with E-state index < -0.39 is 5.54 Å². The molecule has 4 heteroatoms. The van der Waals surface area contributed by atoms with Gasteiger partial charge in [0, 0.05) is 6.54 Å². The van der Waals surface area contributed by atoms with E-state index in [1.807, 2.05) is 55.5 Å². The maximum absolute atomic E-state index is 9.58. The fraction of sp³-hybridized carbons (Fsp3) is 0.235. The molecule has 1 aliphatic rings. The van der Waals surface area contributed by atoms with Crippen LogP contribution in [0.5, 0.6) is 11.5 Å². The molecular weight excluding hydrogens is 264 g/mol. The average molecular weight is 280 g/mol. The van der Waals surface area contributed by atoms with E-state index in [2.05, 4.69) is 11.4 Å². The van der Waals surface area contributed by atoms with Crippen LogP contribution >= 0.6 is 0 Å². The second-order valence-electron chi connectivity index (χ2n) is 5.14. The van der Waals surface area contributed by atoms with Crippen LogP contribution in [0.3, 0.4) is 0 Å². The van der Waals surface area contributed by atoms with E-state index in [0.717, 1.165) is 16.9 Å². The third-order valence-electron chi connectivity index (χ3n) is 3.66. The van der Waals surface area contributed by atoms with Crippen LogP contribution in [-0.2, 0) is 12.1 Å². The van der Waals surface area contributed by atoms with E-state index in [4.69, 9.17) is 9.47 Å². The molecule has 0 spiro atoms. The van der Waals surface area contributed by atoms with Gasteiger partial charge in [0.1, 0.15) is 5.54 Å². The molecule has 1 unspecified atom stereocenters. The molecule has 106 valence electrons. The Hall–Kier alpha value is -2.51. The zero-order valence-corrected chi connectivity index (χ0v) is 11.8. The second-order valence-corrected chi connectivity index (χ2v) is 5.14. The summed E-state index contributed by atoms with van der Waals surface area (Å²) in [7, 11) is 0. The van der Waals surface area contributed by atoms with Crippen LogP contribution in [0.15, 0.2) is 48.5 Å². The molecule has 21 heavy (non-hydrogen) atoms. The van der Waals surface area contributed by atoms with Crippen LogP contribution < -0.4 is 14.8 Å². The van der Waals surface area contributed by atoms with Crippen molar-refractivity contribution in [3.05, 3.63) is 59.7 Å². The number of ether oxygens (including phenoxy) is 2. The van der Waals surface area contributed by atoms with Crippen LogP contribution in [0.2, 0.25) is 0 Å². The van der Waals surface area contributed by atoms with Gasteiger partial charge in [-0.2, -0.15) is 5.26 Å². The highest BCUT2D eigenvalue weighted by Gasteiger charge is 2.28. The molecule has 3 rings (SSSR count). The standard InChI is InChI=1S/C17H16N2O2/c1-17(11-18,19-10-13-5-3-2-4-6-13)14-7-8-15-16(9-14)21-12-20-15/h2-9,19H,10,12H2,1H3. The zero-order chi connectivity index (χ0) is 14.7. The monoisotopic (exact) mass is 280 g/mol. The van der Waals surface area contributed by atoms with Gasteiger partial charge in [-0.3, -0.25) is 5.32 Å². The molecular formula is C17H16N2O2. The van der Waals surface area contributed by atoms with E-state index in [0.29, 0.717) is 12.3 Å². The van der Waals surface area contributed by atoms with Crippen molar-refractivity contribution in [2.24, 2.45) is 0 Å². The molecule has 0 fully saturated rings. The largest absolute Gasteiger partial charge is 0.454 e. The highest BCUT2D eigenvalue weighted by molar-refractivity contribution is 5.47. The van der Waals surface area contributed by atoms with Crippen molar-refractivity contribution < 1.29 is 9.47 Å². The predicted octanol–water partition coefficient (Wildman–Crippen LogP) is 2.94. The summed E-state index contributed by atoms with van der Waals surface area (Å²) >= 11 is 0. The van der Waals surface area contributed by atoms with Crippen LogP contribution in [-0.4, -0.2) is 6.79 Å². The molecule has 1 atom stereocenters. The SMILES string of the molecule is CC(C#N)(NCc1ccccc1)c1ccc2c(c1)OCO2. The number of nitriles is 1. The van der Waals surface area contributed by atoms with E-state index in [-0.39, 0.29) is 6.79 Å². The minimum Gasteiger partial charge on any atom is -0.454 e. The second kappa shape index (κ2) is 5.47. The van der Waals surface area contributed by atoms with E-state index in [1.165, 1.54) is 0 Å². The number of rotatable bonds is 4. The lowest BCUT2D eigenvalue weighted by Gasteiger charge is -2.24. The fourth-order valence-electron chi connectivity index (χ4n) is 2.29. The maximum atomic E-state index is 9.58. The van der Waals surface area contributed by atoms with Gasteiger partial charge in [-0.15, -0.1) is 0 Å². The molecule has 4 nitrogen and oxygen atoms in total. The lowest BCUT2D eigenvalue weighted by atomic mass is 9.93. The van der Waals surface area contributed by atoms with Gasteiger partial charge in [0.25, 0.3) is 0 Å². The van der Waals surface area contributed by atoms with Crippen molar-refractivity contribution >= 4 is 0 Å². The lowest BCUT2D eigenvalue weighted by molar-refractivity contribution is 0.174. The maximum Gasteiger partial charge on any atom is 0.231 e. The summed E-state index contributed by atoms with van der Waals surface area (Å²) in [5, 5.41) is 12.9. The number of nitrogens with one attached hydrogen (secondary N) is 1. The van der Waals surface area contributed by atoms with E-state index in [1.54, 1.807) is 0 Å². The lowest BCUT2D eigenvalue weighted by Crippen LogP contribution is -2.37. The molecule has 1 heterocycles. The Balaban J connectivity index is 1.81. The Morgan fingerprint density at radius 2 is 1.90 bits per heavy atom. The molecule has 0 amide bonds. The molecule has 0 radical (unpaired) electrons. The van der Waals surface area contributed by atoms with Crippen molar-refractivity contribution in [2.45, 2.75) is 19.0 Å². The third-order valence-corrected chi connectivity index (χ3v) is 3.66. The highest BCUT2D eigenvalue weighted by atomic mass is 16.7. The highest BCUT2D eigenvalue weighted by Crippen LogP contribution is 2.35. The number of benzene rings is 2. The fourth-order valence-corrected chi connectivity index (χ4v) is 2.29. The first-order valence-electron chi connectivity index (χ1n) is 6.82. The van der Waals surface area contributed by atoms with E-state index in [9.17, 15) is 5.26 Å². The van der Waals surface area contributed by atoms with Crippen LogP contribution in [0.1, 0.15) is 18.1 Å². The quantitative estimate of drug-likeness (QED) is 0.935. The van der Waals surface area contributed by atoms with Crippen molar-refractivity contribution in [2.75, 3.05) is 6.79 Å². The summed E-state index contributed by atoms with van der Waals surface area (Å²) in [6.07, 6.45) is 0. The van der Waals surface area contributed by atoms with Gasteiger partial charge in [-0.25, -0.2) is 0 Å². The number of nitrogens with zero attached hydrogens (tertiary/aromatic N) is 1. The van der Waals surface area contributed by atoms with Crippen LogP contribution in [0.25, 0.3) is 0 Å². The van der Waals surface area contributed by atoms with Gasteiger partial charge in [0.2, 0.25) is 6.79 Å². The molecule has 0 saturated heterocycles. The normalized spacial score (nSPS) is 15.2. The first kappa shape index (κ1) is 13.5. The minimum absolute atomic E-state index is 0.236. The summed E-state index contributed by atoms with van der Waals surface area (Å²) in [5.74, 6) is 1.41. The number of fused-ring (bicyclic) bond motifs is 1. The summed E-state index contributed by atoms with van der Waals surface area (Å²) < 4.78 is 10.7. The Labute approximate surface area is 123 Å². The first-order chi connectivity index (χ1) is 10.2. The molecule has 2 aromatic rings. The average Bonchev–Trinajstić information content (AvgIpc) is 3.01. The topological polar surface area (TPSA) is 54.3 Å². The van der Waals surface area contributed by atoms with Crippen molar-refractivity contribution in [1.82, 2.24) is 5.32 Å². The summed E-state index contributed by atoms with van der Waals surface area (Å²) in [4.78, 5) is 0. The van der Waals surface area contributed by atoms with Crippen molar-refractivity contribution in [1.29, 1.82) is 5.26 Å². The number of hydrogen-bond acceptors (Lipinski definition) is 4. The Kier molecular flexibility index (Phi) is 3.51. The van der Waals surface area contributed by atoms with Gasteiger partial charge in [-0.05, 0) is 30.2 Å². The van der Waals surface area contributed by atoms with Crippen molar-refractivity contribution in [3.63, 3.8) is 0 Å². The summed E-state index contributed by atoms with van der Waals surface area (Å²) in [6.45, 7) is 2.73. The smallest absolute Gasteiger partial charge is 0.231 e. The molecule has 0 saturated carbocycles. The van der Waals surface area contributed by atoms with Gasteiger partial charge in [-0.1, -0.05) is 36.4 Å². The third kappa shape index (κ3) is 2.69. The Morgan fingerprint density at radius 3 is 2.67 bits per heavy atom. The molecule has 0 aromatic heterocycles. The van der Waals surface area contributed by atoms with Gasteiger partial charge in [0.05, 0.1) is 6.07 Å². The molecule has 1 N–H and O–H groups in total. The molecule has 1 aliphatic heterocycles. The first-order valence-corrected chi connectivity index (χ1v) is 6.82. The minimum atomic E-state index is -0.781. The van der Waals surface area contributed by atoms with Gasteiger partial charge >= 0.3 is 0 Å². The van der Waals surface area contributed by atoms with Crippen LogP contribution in [0, 0.1) is 11.3 Å². The van der Waals surface area contributed by atoms with Gasteiger partial charge < -0.3 is 9.47 Å².